The molecule has 0 aliphatic rings. The van der Waals surface area contributed by atoms with Crippen molar-refractivity contribution in [3.05, 3.63) is 59.7 Å². The number of hydrogen-bond donors (Lipinski definition) is 3. The van der Waals surface area contributed by atoms with E-state index >= 15 is 0 Å². The Morgan fingerprint density at radius 3 is 2.26 bits per heavy atom. The summed E-state index contributed by atoms with van der Waals surface area (Å²) in [7, 11) is 0. The maximum atomic E-state index is 11.5. The van der Waals surface area contributed by atoms with E-state index in [0.29, 0.717) is 11.1 Å². The van der Waals surface area contributed by atoms with Crippen molar-refractivity contribution in [1.29, 1.82) is 0 Å². The SMILES string of the molecule is NC(=O)c1cccc(-c2ccccc2)c1C(N)=NO. The highest BCUT2D eigenvalue weighted by atomic mass is 16.4. The summed E-state index contributed by atoms with van der Waals surface area (Å²) >= 11 is 0. The first kappa shape index (κ1) is 12.6. The molecule has 5 heteroatoms. The zero-order chi connectivity index (χ0) is 13.8. The predicted molar refractivity (Wildman–Crippen MR) is 72.9 cm³/mol. The minimum atomic E-state index is -0.626. The largest absolute Gasteiger partial charge is 0.409 e. The number of nitrogens with two attached hydrogens (primary N) is 2. The van der Waals surface area contributed by atoms with Crippen molar-refractivity contribution < 1.29 is 10.0 Å². The van der Waals surface area contributed by atoms with Gasteiger partial charge in [-0.3, -0.25) is 4.79 Å². The highest BCUT2D eigenvalue weighted by Gasteiger charge is 2.17. The molecule has 1 amide bonds. The molecule has 0 bridgehead atoms. The average molecular weight is 255 g/mol. The van der Waals surface area contributed by atoms with Gasteiger partial charge in [-0.15, -0.1) is 0 Å². The summed E-state index contributed by atoms with van der Waals surface area (Å²) in [6.07, 6.45) is 0. The van der Waals surface area contributed by atoms with E-state index in [2.05, 4.69) is 5.16 Å². The van der Waals surface area contributed by atoms with Crippen LogP contribution in [0.5, 0.6) is 0 Å². The third-order valence-corrected chi connectivity index (χ3v) is 2.78. The Labute approximate surface area is 110 Å². The third-order valence-electron chi connectivity index (χ3n) is 2.78. The third kappa shape index (κ3) is 2.40. The molecule has 0 aliphatic heterocycles. The minimum absolute atomic E-state index is 0.145. The van der Waals surface area contributed by atoms with Gasteiger partial charge in [0.05, 0.1) is 5.56 Å². The van der Waals surface area contributed by atoms with E-state index in [1.807, 2.05) is 30.3 Å². The Hall–Kier alpha value is -2.82. The second-order valence-electron chi connectivity index (χ2n) is 3.94. The van der Waals surface area contributed by atoms with Gasteiger partial charge < -0.3 is 16.7 Å². The van der Waals surface area contributed by atoms with Gasteiger partial charge >= 0.3 is 0 Å². The zero-order valence-corrected chi connectivity index (χ0v) is 10.1. The van der Waals surface area contributed by atoms with Crippen LogP contribution >= 0.6 is 0 Å². The van der Waals surface area contributed by atoms with Crippen molar-refractivity contribution >= 4 is 11.7 Å². The lowest BCUT2D eigenvalue weighted by Crippen LogP contribution is -2.22. The van der Waals surface area contributed by atoms with E-state index in [1.54, 1.807) is 18.2 Å². The molecule has 2 aromatic rings. The van der Waals surface area contributed by atoms with Gasteiger partial charge in [0.15, 0.2) is 5.84 Å². The summed E-state index contributed by atoms with van der Waals surface area (Å²) in [5, 5.41) is 11.9. The molecule has 2 aromatic carbocycles. The molecule has 5 nitrogen and oxygen atoms in total. The van der Waals surface area contributed by atoms with E-state index in [0.717, 1.165) is 5.56 Å². The van der Waals surface area contributed by atoms with Gasteiger partial charge in [-0.1, -0.05) is 47.6 Å². The molecule has 0 fully saturated rings. The van der Waals surface area contributed by atoms with Crippen LogP contribution < -0.4 is 11.5 Å². The van der Waals surface area contributed by atoms with Gasteiger partial charge in [-0.25, -0.2) is 0 Å². The number of carbonyl (C=O) groups is 1. The van der Waals surface area contributed by atoms with Gasteiger partial charge in [0.2, 0.25) is 5.91 Å². The molecule has 0 unspecified atom stereocenters. The van der Waals surface area contributed by atoms with E-state index < -0.39 is 5.91 Å². The fourth-order valence-electron chi connectivity index (χ4n) is 1.94. The van der Waals surface area contributed by atoms with Crippen molar-refractivity contribution in [3.63, 3.8) is 0 Å². The van der Waals surface area contributed by atoms with Crippen LogP contribution in [-0.4, -0.2) is 17.0 Å². The average Bonchev–Trinajstić information content (AvgIpc) is 2.46. The zero-order valence-electron chi connectivity index (χ0n) is 10.1. The van der Waals surface area contributed by atoms with Gasteiger partial charge in [0.1, 0.15) is 0 Å². The first-order valence-corrected chi connectivity index (χ1v) is 5.61. The van der Waals surface area contributed by atoms with E-state index in [1.165, 1.54) is 0 Å². The molecule has 0 saturated heterocycles. The second-order valence-corrected chi connectivity index (χ2v) is 3.94. The maximum Gasteiger partial charge on any atom is 0.249 e. The number of carbonyl (C=O) groups excluding carboxylic acids is 1. The molecule has 0 radical (unpaired) electrons. The Bertz CT molecular complexity index is 636. The number of hydrogen-bond acceptors (Lipinski definition) is 3. The van der Waals surface area contributed by atoms with Gasteiger partial charge in [-0.05, 0) is 17.2 Å². The lowest BCUT2D eigenvalue weighted by atomic mass is 9.94. The normalized spacial score (nSPS) is 11.3. The van der Waals surface area contributed by atoms with Crippen LogP contribution in [-0.2, 0) is 0 Å². The number of nitrogens with zero attached hydrogens (tertiary/aromatic N) is 1. The number of benzene rings is 2. The first-order chi connectivity index (χ1) is 9.15. The fraction of sp³-hybridized carbons (Fsp3) is 0. The molecule has 0 aliphatic carbocycles. The molecule has 0 heterocycles. The number of amides is 1. The quantitative estimate of drug-likeness (QED) is 0.335. The Morgan fingerprint density at radius 2 is 1.68 bits per heavy atom. The molecule has 5 N–H and O–H groups in total. The lowest BCUT2D eigenvalue weighted by Gasteiger charge is -2.12. The van der Waals surface area contributed by atoms with Gasteiger partial charge in [-0.2, -0.15) is 0 Å². The van der Waals surface area contributed by atoms with Crippen molar-refractivity contribution in [2.45, 2.75) is 0 Å². The molecule has 0 saturated carbocycles. The summed E-state index contributed by atoms with van der Waals surface area (Å²) in [4.78, 5) is 11.5. The number of primary amides is 1. The summed E-state index contributed by atoms with van der Waals surface area (Å²) in [5.41, 5.74) is 13.1. The Morgan fingerprint density at radius 1 is 1.00 bits per heavy atom. The number of rotatable bonds is 3. The fourth-order valence-corrected chi connectivity index (χ4v) is 1.94. The first-order valence-electron chi connectivity index (χ1n) is 5.61. The second kappa shape index (κ2) is 5.22. The molecule has 96 valence electrons. The lowest BCUT2D eigenvalue weighted by molar-refractivity contribution is 0.1000. The van der Waals surface area contributed by atoms with Crippen molar-refractivity contribution in [2.75, 3.05) is 0 Å². The number of oxime groups is 1. The van der Waals surface area contributed by atoms with Crippen LogP contribution in [0.2, 0.25) is 0 Å². The minimum Gasteiger partial charge on any atom is -0.409 e. The predicted octanol–water partition coefficient (Wildman–Crippen LogP) is 1.55. The molecule has 0 atom stereocenters. The Balaban J connectivity index is 2.75. The van der Waals surface area contributed by atoms with Crippen LogP contribution in [0.15, 0.2) is 53.7 Å². The van der Waals surface area contributed by atoms with Crippen molar-refractivity contribution in [3.8, 4) is 11.1 Å². The van der Waals surface area contributed by atoms with Crippen LogP contribution in [0.25, 0.3) is 11.1 Å². The van der Waals surface area contributed by atoms with Gasteiger partial charge in [0.25, 0.3) is 0 Å². The highest BCUT2D eigenvalue weighted by Crippen LogP contribution is 2.26. The monoisotopic (exact) mass is 255 g/mol. The summed E-state index contributed by atoms with van der Waals surface area (Å²) < 4.78 is 0. The maximum absolute atomic E-state index is 11.5. The van der Waals surface area contributed by atoms with Gasteiger partial charge in [0, 0.05) is 5.56 Å². The molecule has 0 aromatic heterocycles. The highest BCUT2D eigenvalue weighted by molar-refractivity contribution is 6.12. The molecular weight excluding hydrogens is 242 g/mol. The molecule has 19 heavy (non-hydrogen) atoms. The van der Waals surface area contributed by atoms with Crippen LogP contribution in [0.3, 0.4) is 0 Å². The summed E-state index contributed by atoms with van der Waals surface area (Å²) in [6, 6.07) is 14.4. The van der Waals surface area contributed by atoms with Crippen LogP contribution in [0.4, 0.5) is 0 Å². The molecule has 0 spiro atoms. The molecule has 2 rings (SSSR count). The van der Waals surface area contributed by atoms with Crippen molar-refractivity contribution in [2.24, 2.45) is 16.6 Å². The van der Waals surface area contributed by atoms with Crippen LogP contribution in [0.1, 0.15) is 15.9 Å². The Kier molecular flexibility index (Phi) is 3.47. The summed E-state index contributed by atoms with van der Waals surface area (Å²) in [6.45, 7) is 0. The smallest absolute Gasteiger partial charge is 0.249 e. The van der Waals surface area contributed by atoms with Crippen LogP contribution in [0, 0.1) is 0 Å². The summed E-state index contributed by atoms with van der Waals surface area (Å²) in [5.74, 6) is -0.771. The number of amidine groups is 1. The standard InChI is InChI=1S/C14H13N3O2/c15-13(17-19)12-10(9-5-2-1-3-6-9)7-4-8-11(12)14(16)18/h1-8,19H,(H2,15,17)(H2,16,18). The van der Waals surface area contributed by atoms with Crippen molar-refractivity contribution in [1.82, 2.24) is 0 Å². The van der Waals surface area contributed by atoms with E-state index in [9.17, 15) is 4.79 Å². The topological polar surface area (TPSA) is 102 Å². The van der Waals surface area contributed by atoms with E-state index in [4.69, 9.17) is 16.7 Å². The van der Waals surface area contributed by atoms with E-state index in [-0.39, 0.29) is 11.4 Å². The molecular formula is C14H13N3O2.